The summed E-state index contributed by atoms with van der Waals surface area (Å²) in [6.45, 7) is 0.620. The average Bonchev–Trinajstić information content (AvgIpc) is 3.24. The average molecular weight is 358 g/mol. The molecule has 0 saturated carbocycles. The third kappa shape index (κ3) is 5.10. The largest absolute Gasteiger partial charge is 0.488 e. The van der Waals surface area contributed by atoms with Gasteiger partial charge in [0.15, 0.2) is 0 Å². The maximum Gasteiger partial charge on any atom is 0.262 e. The standard InChI is InChI=1S/C22H18N2O3/c23-14-19(22(25)24-15-20-10-6-12-26-20)13-18-9-4-5-11-21(18)27-16-17-7-2-1-3-8-17/h1-13H,15-16H2,(H,24,25). The fraction of sp³-hybridized carbons (Fsp3) is 0.0909. The molecule has 0 aliphatic rings. The highest BCUT2D eigenvalue weighted by molar-refractivity contribution is 6.01. The van der Waals surface area contributed by atoms with Crippen molar-refractivity contribution in [3.8, 4) is 11.8 Å². The van der Waals surface area contributed by atoms with Crippen molar-refractivity contribution in [2.24, 2.45) is 0 Å². The number of carbonyl (C=O) groups is 1. The number of ether oxygens (including phenoxy) is 1. The lowest BCUT2D eigenvalue weighted by Gasteiger charge is -2.10. The first-order valence-electron chi connectivity index (χ1n) is 8.44. The molecule has 2 aromatic carbocycles. The zero-order valence-corrected chi connectivity index (χ0v) is 14.6. The summed E-state index contributed by atoms with van der Waals surface area (Å²) in [5.41, 5.74) is 1.70. The van der Waals surface area contributed by atoms with Gasteiger partial charge in [-0.15, -0.1) is 0 Å². The van der Waals surface area contributed by atoms with Crippen LogP contribution in [-0.2, 0) is 17.9 Å². The van der Waals surface area contributed by atoms with Crippen LogP contribution in [0.3, 0.4) is 0 Å². The van der Waals surface area contributed by atoms with E-state index in [1.807, 2.05) is 54.6 Å². The lowest BCUT2D eigenvalue weighted by Crippen LogP contribution is -2.23. The minimum Gasteiger partial charge on any atom is -0.488 e. The highest BCUT2D eigenvalue weighted by Crippen LogP contribution is 2.22. The molecule has 0 atom stereocenters. The molecule has 1 amide bonds. The van der Waals surface area contributed by atoms with Crippen LogP contribution in [-0.4, -0.2) is 5.91 Å². The molecule has 1 aromatic heterocycles. The van der Waals surface area contributed by atoms with E-state index >= 15 is 0 Å². The Morgan fingerprint density at radius 3 is 2.59 bits per heavy atom. The summed E-state index contributed by atoms with van der Waals surface area (Å²) < 4.78 is 11.0. The number of benzene rings is 2. The van der Waals surface area contributed by atoms with Crippen LogP contribution in [0.5, 0.6) is 5.75 Å². The number of nitrogens with one attached hydrogen (secondary N) is 1. The Hall–Kier alpha value is -3.78. The summed E-state index contributed by atoms with van der Waals surface area (Å²) in [5.74, 6) is 0.756. The van der Waals surface area contributed by atoms with Crippen LogP contribution in [0.1, 0.15) is 16.9 Å². The van der Waals surface area contributed by atoms with Crippen molar-refractivity contribution in [1.29, 1.82) is 5.26 Å². The number of carbonyl (C=O) groups excluding carboxylic acids is 1. The van der Waals surface area contributed by atoms with Crippen molar-refractivity contribution < 1.29 is 13.9 Å². The van der Waals surface area contributed by atoms with Gasteiger partial charge in [0, 0.05) is 5.56 Å². The van der Waals surface area contributed by atoms with Gasteiger partial charge in [0.1, 0.15) is 29.8 Å². The van der Waals surface area contributed by atoms with E-state index in [1.165, 1.54) is 12.3 Å². The molecule has 1 N–H and O–H groups in total. The van der Waals surface area contributed by atoms with Gasteiger partial charge in [-0.25, -0.2) is 0 Å². The number of furan rings is 1. The molecule has 0 radical (unpaired) electrons. The van der Waals surface area contributed by atoms with E-state index in [4.69, 9.17) is 9.15 Å². The molecule has 0 aliphatic heterocycles. The monoisotopic (exact) mass is 358 g/mol. The number of hydrogen-bond acceptors (Lipinski definition) is 4. The Kier molecular flexibility index (Phi) is 6.05. The zero-order valence-electron chi connectivity index (χ0n) is 14.6. The second kappa shape index (κ2) is 9.07. The smallest absolute Gasteiger partial charge is 0.262 e. The molecule has 1 heterocycles. The van der Waals surface area contributed by atoms with Crippen molar-refractivity contribution in [2.75, 3.05) is 0 Å². The Labute approximate surface area is 157 Å². The topological polar surface area (TPSA) is 75.3 Å². The molecule has 0 spiro atoms. The number of rotatable bonds is 7. The van der Waals surface area contributed by atoms with Gasteiger partial charge >= 0.3 is 0 Å². The molecule has 5 heteroatoms. The van der Waals surface area contributed by atoms with Gasteiger partial charge in [0.25, 0.3) is 5.91 Å². The van der Waals surface area contributed by atoms with Crippen LogP contribution in [0.2, 0.25) is 0 Å². The molecule has 134 valence electrons. The van der Waals surface area contributed by atoms with Gasteiger partial charge < -0.3 is 14.5 Å². The first-order chi connectivity index (χ1) is 13.3. The first kappa shape index (κ1) is 18.0. The lowest BCUT2D eigenvalue weighted by atomic mass is 10.1. The molecule has 5 nitrogen and oxygen atoms in total. The van der Waals surface area contributed by atoms with E-state index in [1.54, 1.807) is 18.2 Å². The number of nitriles is 1. The third-order valence-corrected chi connectivity index (χ3v) is 3.82. The maximum absolute atomic E-state index is 12.3. The van der Waals surface area contributed by atoms with Crippen LogP contribution >= 0.6 is 0 Å². The highest BCUT2D eigenvalue weighted by atomic mass is 16.5. The number of hydrogen-bond donors (Lipinski definition) is 1. The summed E-state index contributed by atoms with van der Waals surface area (Å²) in [6.07, 6.45) is 3.06. The molecule has 3 rings (SSSR count). The third-order valence-electron chi connectivity index (χ3n) is 3.82. The van der Waals surface area contributed by atoms with Crippen molar-refractivity contribution in [2.45, 2.75) is 13.2 Å². The second-order valence-corrected chi connectivity index (χ2v) is 5.74. The number of amides is 1. The molecule has 27 heavy (non-hydrogen) atoms. The fourth-order valence-corrected chi connectivity index (χ4v) is 2.45. The van der Waals surface area contributed by atoms with Crippen molar-refractivity contribution >= 4 is 12.0 Å². The predicted molar refractivity (Wildman–Crippen MR) is 101 cm³/mol. The van der Waals surface area contributed by atoms with E-state index in [0.717, 1.165) is 5.56 Å². The molecule has 0 unspecified atom stereocenters. The first-order valence-corrected chi connectivity index (χ1v) is 8.44. The van der Waals surface area contributed by atoms with E-state index in [-0.39, 0.29) is 12.1 Å². The van der Waals surface area contributed by atoms with Crippen molar-refractivity contribution in [3.05, 3.63) is 95.5 Å². The Balaban J connectivity index is 1.71. The maximum atomic E-state index is 12.3. The van der Waals surface area contributed by atoms with E-state index in [2.05, 4.69) is 5.32 Å². The summed E-state index contributed by atoms with van der Waals surface area (Å²) in [7, 11) is 0. The SMILES string of the molecule is N#CC(=Cc1ccccc1OCc1ccccc1)C(=O)NCc1ccco1. The van der Waals surface area contributed by atoms with Crippen LogP contribution in [0.15, 0.2) is 83.0 Å². The van der Waals surface area contributed by atoms with E-state index < -0.39 is 5.91 Å². The number of nitrogens with zero attached hydrogens (tertiary/aromatic N) is 1. The molecule has 0 aliphatic carbocycles. The van der Waals surface area contributed by atoms with Gasteiger partial charge in [0.2, 0.25) is 0 Å². The molecule has 0 saturated heterocycles. The summed E-state index contributed by atoms with van der Waals surface area (Å²) in [5, 5.41) is 12.0. The predicted octanol–water partition coefficient (Wildman–Crippen LogP) is 4.08. The highest BCUT2D eigenvalue weighted by Gasteiger charge is 2.11. The Morgan fingerprint density at radius 2 is 1.85 bits per heavy atom. The summed E-state index contributed by atoms with van der Waals surface area (Å²) in [6, 6.07) is 22.5. The van der Waals surface area contributed by atoms with Gasteiger partial charge in [-0.3, -0.25) is 4.79 Å². The van der Waals surface area contributed by atoms with E-state index in [9.17, 15) is 10.1 Å². The fourth-order valence-electron chi connectivity index (χ4n) is 2.45. The lowest BCUT2D eigenvalue weighted by molar-refractivity contribution is -0.117. The van der Waals surface area contributed by atoms with E-state index in [0.29, 0.717) is 23.7 Å². The van der Waals surface area contributed by atoms with Crippen LogP contribution in [0, 0.1) is 11.3 Å². The number of para-hydroxylation sites is 1. The summed E-state index contributed by atoms with van der Waals surface area (Å²) in [4.78, 5) is 12.3. The van der Waals surface area contributed by atoms with Crippen molar-refractivity contribution in [3.63, 3.8) is 0 Å². The minimum absolute atomic E-state index is 0.00248. The molecular formula is C22H18N2O3. The van der Waals surface area contributed by atoms with Gasteiger partial charge in [0.05, 0.1) is 12.8 Å². The summed E-state index contributed by atoms with van der Waals surface area (Å²) >= 11 is 0. The van der Waals surface area contributed by atoms with Gasteiger partial charge in [-0.1, -0.05) is 48.5 Å². The minimum atomic E-state index is -0.466. The quantitative estimate of drug-likeness (QED) is 0.510. The van der Waals surface area contributed by atoms with Crippen LogP contribution < -0.4 is 10.1 Å². The Bertz CT molecular complexity index is 955. The molecule has 0 fully saturated rings. The normalized spacial score (nSPS) is 10.9. The second-order valence-electron chi connectivity index (χ2n) is 5.74. The van der Waals surface area contributed by atoms with Gasteiger partial charge in [-0.2, -0.15) is 5.26 Å². The molecular weight excluding hydrogens is 340 g/mol. The Morgan fingerprint density at radius 1 is 1.07 bits per heavy atom. The molecule has 0 bridgehead atoms. The van der Waals surface area contributed by atoms with Crippen LogP contribution in [0.4, 0.5) is 0 Å². The van der Waals surface area contributed by atoms with Crippen LogP contribution in [0.25, 0.3) is 6.08 Å². The molecule has 3 aromatic rings. The van der Waals surface area contributed by atoms with Gasteiger partial charge in [-0.05, 0) is 29.8 Å². The zero-order chi connectivity index (χ0) is 18.9. The van der Waals surface area contributed by atoms with Crippen molar-refractivity contribution in [1.82, 2.24) is 5.32 Å².